The van der Waals surface area contributed by atoms with Gasteiger partial charge in [0.1, 0.15) is 5.82 Å². The summed E-state index contributed by atoms with van der Waals surface area (Å²) in [5, 5.41) is 3.06. The second kappa shape index (κ2) is 11.0. The van der Waals surface area contributed by atoms with Gasteiger partial charge in [0, 0.05) is 12.0 Å². The Balaban J connectivity index is 1.32. The van der Waals surface area contributed by atoms with Crippen molar-refractivity contribution in [1.82, 2.24) is 5.32 Å². The fourth-order valence-corrected chi connectivity index (χ4v) is 12.2. The Morgan fingerprint density at radius 3 is 2.37 bits per heavy atom. The molecule has 0 spiro atoms. The van der Waals surface area contributed by atoms with Crippen molar-refractivity contribution in [2.24, 2.45) is 56.2 Å². The van der Waals surface area contributed by atoms with E-state index in [0.717, 1.165) is 56.9 Å². The van der Waals surface area contributed by atoms with Crippen LogP contribution in [0.5, 0.6) is 0 Å². The van der Waals surface area contributed by atoms with Crippen molar-refractivity contribution in [3.63, 3.8) is 0 Å². The third kappa shape index (κ3) is 4.77. The van der Waals surface area contributed by atoms with Crippen LogP contribution in [0.25, 0.3) is 0 Å². The summed E-state index contributed by atoms with van der Waals surface area (Å²) < 4.78 is 19.2. The van der Waals surface area contributed by atoms with E-state index in [4.69, 9.17) is 4.74 Å². The van der Waals surface area contributed by atoms with Gasteiger partial charge in [-0.1, -0.05) is 72.2 Å². The summed E-state index contributed by atoms with van der Waals surface area (Å²) in [4.78, 5) is 41.4. The molecule has 1 amide bonds. The van der Waals surface area contributed by atoms with Gasteiger partial charge in [-0.2, -0.15) is 0 Å². The molecular weight excluding hydrogens is 577 g/mol. The number of Topliss-reactive ketones (excluding diaryl/α,β-unsaturated/α-hetero) is 1. The number of amides is 1. The Hall–Kier alpha value is -2.50. The van der Waals surface area contributed by atoms with E-state index in [1.54, 1.807) is 13.2 Å². The molecule has 5 nitrogen and oxygen atoms in total. The summed E-state index contributed by atoms with van der Waals surface area (Å²) in [5.74, 6) is -0.427. The second-order valence-electron chi connectivity index (χ2n) is 17.9. The number of hydrogen-bond donors (Lipinski definition) is 1. The quantitative estimate of drug-likeness (QED) is 0.201. The molecule has 5 aliphatic carbocycles. The topological polar surface area (TPSA) is 72.5 Å². The van der Waals surface area contributed by atoms with E-state index in [0.29, 0.717) is 25.3 Å². The van der Waals surface area contributed by atoms with Gasteiger partial charge in [-0.25, -0.2) is 4.39 Å². The maximum Gasteiger partial charge on any atom is 0.312 e. The summed E-state index contributed by atoms with van der Waals surface area (Å²) in [5.41, 5.74) is 1.17. The molecule has 252 valence electrons. The van der Waals surface area contributed by atoms with Crippen LogP contribution in [0, 0.1) is 62.0 Å². The van der Waals surface area contributed by atoms with E-state index >= 15 is 0 Å². The Labute approximate surface area is 275 Å². The number of halogens is 1. The number of esters is 1. The first-order valence-corrected chi connectivity index (χ1v) is 17.8. The van der Waals surface area contributed by atoms with Gasteiger partial charge in [0.2, 0.25) is 5.91 Å². The van der Waals surface area contributed by atoms with Gasteiger partial charge in [-0.3, -0.25) is 14.4 Å². The van der Waals surface area contributed by atoms with Gasteiger partial charge in [-0.15, -0.1) is 0 Å². The maximum atomic E-state index is 14.1. The molecule has 0 bridgehead atoms. The number of carbonyl (C=O) groups is 3. The van der Waals surface area contributed by atoms with Gasteiger partial charge in [0.15, 0.2) is 5.78 Å². The van der Waals surface area contributed by atoms with E-state index in [1.165, 1.54) is 17.7 Å². The van der Waals surface area contributed by atoms with Crippen LogP contribution in [0.3, 0.4) is 0 Å². The minimum atomic E-state index is -0.693. The zero-order valence-corrected chi connectivity index (χ0v) is 29.5. The number of rotatable bonds is 5. The van der Waals surface area contributed by atoms with Gasteiger partial charge >= 0.3 is 5.97 Å². The SMILES string of the molecule is COC(=O)[C@]12CCC(C)(C)CC1C1=CCC3[C@@]4(C)CC(C(=O)NCCc5cccc(F)c5)C(=O)C(C)(C)C4CC[C@@]3(C)[C@]1(C)CC2. The minimum Gasteiger partial charge on any atom is -0.469 e. The molecule has 4 unspecified atom stereocenters. The molecule has 1 aromatic rings. The Morgan fingerprint density at radius 2 is 1.67 bits per heavy atom. The lowest BCUT2D eigenvalue weighted by Gasteiger charge is -2.71. The summed E-state index contributed by atoms with van der Waals surface area (Å²) in [6, 6.07) is 6.46. The van der Waals surface area contributed by atoms with Crippen molar-refractivity contribution >= 4 is 17.7 Å². The molecule has 1 aromatic carbocycles. The number of methoxy groups -OCH3 is 1. The second-order valence-corrected chi connectivity index (χ2v) is 17.9. The third-order valence-corrected chi connectivity index (χ3v) is 14.9. The molecular formula is C40H56FNO4. The molecule has 46 heavy (non-hydrogen) atoms. The van der Waals surface area contributed by atoms with Crippen LogP contribution in [-0.2, 0) is 25.5 Å². The smallest absolute Gasteiger partial charge is 0.312 e. The highest BCUT2D eigenvalue weighted by Gasteiger charge is 2.70. The molecule has 0 radical (unpaired) electrons. The highest BCUT2D eigenvalue weighted by Crippen LogP contribution is 2.75. The number of fused-ring (bicyclic) bond motifs is 7. The molecule has 0 aromatic heterocycles. The number of hydrogen-bond acceptors (Lipinski definition) is 4. The zero-order valence-electron chi connectivity index (χ0n) is 29.5. The standard InChI is InChI=1S/C40H56FNO4/c1-35(2)17-19-40(34(45)46-8)20-18-38(6)28(29(40)24-35)12-13-31-37(5)23-27(32(43)36(3,4)30(37)14-16-39(31,38)7)33(44)42-21-15-25-10-9-11-26(41)22-25/h9-12,22,27,29-31H,13-21,23-24H2,1-8H3,(H,42,44)/t27?,29?,30?,31?,37-,38+,39+,40-/m0/s1. The van der Waals surface area contributed by atoms with Crippen molar-refractivity contribution in [3.8, 4) is 0 Å². The van der Waals surface area contributed by atoms with Crippen LogP contribution in [0.2, 0.25) is 0 Å². The van der Waals surface area contributed by atoms with Crippen molar-refractivity contribution in [3.05, 3.63) is 47.3 Å². The largest absolute Gasteiger partial charge is 0.469 e. The predicted octanol–water partition coefficient (Wildman–Crippen LogP) is 8.25. The molecule has 6 rings (SSSR count). The molecule has 1 N–H and O–H groups in total. The van der Waals surface area contributed by atoms with Crippen LogP contribution < -0.4 is 5.32 Å². The minimum absolute atomic E-state index is 0.0128. The highest BCUT2D eigenvalue weighted by atomic mass is 19.1. The van der Waals surface area contributed by atoms with E-state index in [-0.39, 0.29) is 57.0 Å². The molecule has 0 saturated heterocycles. The average Bonchev–Trinajstić information content (AvgIpc) is 2.98. The molecule has 4 fully saturated rings. The first kappa shape index (κ1) is 33.4. The van der Waals surface area contributed by atoms with Crippen LogP contribution >= 0.6 is 0 Å². The number of benzene rings is 1. The third-order valence-electron chi connectivity index (χ3n) is 14.9. The number of nitrogens with one attached hydrogen (secondary N) is 1. The number of ether oxygens (including phenoxy) is 1. The lowest BCUT2D eigenvalue weighted by molar-refractivity contribution is -0.196. The van der Waals surface area contributed by atoms with E-state index in [1.807, 2.05) is 6.07 Å². The predicted molar refractivity (Wildman–Crippen MR) is 178 cm³/mol. The number of carbonyl (C=O) groups excluding carboxylic acids is 3. The first-order chi connectivity index (χ1) is 21.4. The molecule has 6 heteroatoms. The van der Waals surface area contributed by atoms with Gasteiger partial charge in [0.05, 0.1) is 18.4 Å². The van der Waals surface area contributed by atoms with Crippen LogP contribution in [-0.4, -0.2) is 31.3 Å². The molecule has 0 heterocycles. The summed E-state index contributed by atoms with van der Waals surface area (Å²) in [7, 11) is 1.55. The van der Waals surface area contributed by atoms with Crippen molar-refractivity contribution in [2.75, 3.05) is 13.7 Å². The van der Waals surface area contributed by atoms with Crippen molar-refractivity contribution < 1.29 is 23.5 Å². The summed E-state index contributed by atoms with van der Waals surface area (Å²) in [6.45, 7) is 16.6. The van der Waals surface area contributed by atoms with Gasteiger partial charge < -0.3 is 10.1 Å². The van der Waals surface area contributed by atoms with Gasteiger partial charge in [-0.05, 0) is 121 Å². The van der Waals surface area contributed by atoms with Gasteiger partial charge in [0.25, 0.3) is 0 Å². The van der Waals surface area contributed by atoms with Crippen molar-refractivity contribution in [1.29, 1.82) is 0 Å². The first-order valence-electron chi connectivity index (χ1n) is 17.8. The Kier molecular flexibility index (Phi) is 8.00. The fraction of sp³-hybridized carbons (Fsp3) is 0.725. The Bertz CT molecular complexity index is 1460. The van der Waals surface area contributed by atoms with E-state index in [2.05, 4.69) is 59.9 Å². The maximum absolute atomic E-state index is 14.1. The highest BCUT2D eigenvalue weighted by molar-refractivity contribution is 6.04. The van der Waals surface area contributed by atoms with Crippen LogP contribution in [0.15, 0.2) is 35.9 Å². The number of allylic oxidation sites excluding steroid dienone is 2. The molecule has 8 atom stereocenters. The zero-order chi connectivity index (χ0) is 33.5. The van der Waals surface area contributed by atoms with Crippen LogP contribution in [0.4, 0.5) is 4.39 Å². The fourth-order valence-electron chi connectivity index (χ4n) is 12.2. The summed E-state index contributed by atoms with van der Waals surface area (Å²) in [6.07, 6.45) is 11.3. The van der Waals surface area contributed by atoms with Crippen LogP contribution in [0.1, 0.15) is 112 Å². The molecule has 5 aliphatic rings. The Morgan fingerprint density at radius 1 is 0.957 bits per heavy atom. The average molecular weight is 634 g/mol. The lowest BCUT2D eigenvalue weighted by Crippen LogP contribution is -2.66. The molecule has 0 aliphatic heterocycles. The molecule has 4 saturated carbocycles. The summed E-state index contributed by atoms with van der Waals surface area (Å²) >= 11 is 0. The van der Waals surface area contributed by atoms with Crippen molar-refractivity contribution in [2.45, 2.75) is 113 Å². The number of ketones is 1. The van der Waals surface area contributed by atoms with E-state index in [9.17, 15) is 18.8 Å². The lowest BCUT2D eigenvalue weighted by atomic mass is 9.33. The normalized spacial score (nSPS) is 40.7. The monoisotopic (exact) mass is 633 g/mol. The van der Waals surface area contributed by atoms with E-state index < -0.39 is 16.7 Å².